The third-order valence-electron chi connectivity index (χ3n) is 2.57. The predicted octanol–water partition coefficient (Wildman–Crippen LogP) is 2.79. The molecule has 1 heterocycles. The lowest BCUT2D eigenvalue weighted by Crippen LogP contribution is -2.11. The molecule has 0 aliphatic rings. The number of aromatic amines is 1. The Hall–Kier alpha value is -2.10. The second-order valence-electron chi connectivity index (χ2n) is 4.22. The van der Waals surface area contributed by atoms with Gasteiger partial charge in [-0.05, 0) is 23.6 Å². The van der Waals surface area contributed by atoms with Crippen LogP contribution in [-0.2, 0) is 0 Å². The van der Waals surface area contributed by atoms with E-state index < -0.39 is 0 Å². The van der Waals surface area contributed by atoms with Gasteiger partial charge in [0, 0.05) is 11.9 Å². The van der Waals surface area contributed by atoms with E-state index in [9.17, 15) is 4.79 Å². The second-order valence-corrected chi connectivity index (χ2v) is 4.22. The van der Waals surface area contributed by atoms with Crippen LogP contribution in [0.3, 0.4) is 0 Å². The Bertz CT molecular complexity index is 503. The van der Waals surface area contributed by atoms with Crippen molar-refractivity contribution in [3.63, 3.8) is 0 Å². The number of carbonyl (C=O) groups is 1. The zero-order valence-corrected chi connectivity index (χ0v) is 9.90. The fourth-order valence-corrected chi connectivity index (χ4v) is 1.55. The van der Waals surface area contributed by atoms with Gasteiger partial charge in [0.25, 0.3) is 5.91 Å². The molecular formula is C13H15N3O. The van der Waals surface area contributed by atoms with Gasteiger partial charge in [0.05, 0.1) is 11.8 Å². The molecule has 0 bridgehead atoms. The summed E-state index contributed by atoms with van der Waals surface area (Å²) in [5.41, 5.74) is 2.54. The summed E-state index contributed by atoms with van der Waals surface area (Å²) in [4.78, 5) is 11.8. The van der Waals surface area contributed by atoms with Crippen molar-refractivity contribution in [2.75, 3.05) is 5.32 Å². The van der Waals surface area contributed by atoms with Crippen LogP contribution in [0, 0.1) is 0 Å². The van der Waals surface area contributed by atoms with Crippen molar-refractivity contribution < 1.29 is 4.79 Å². The number of H-pyrrole nitrogens is 1. The molecule has 0 saturated heterocycles. The van der Waals surface area contributed by atoms with E-state index in [-0.39, 0.29) is 5.91 Å². The highest BCUT2D eigenvalue weighted by Crippen LogP contribution is 2.18. The van der Waals surface area contributed by atoms with Crippen LogP contribution >= 0.6 is 0 Å². The van der Waals surface area contributed by atoms with Crippen LogP contribution in [0.1, 0.15) is 35.7 Å². The van der Waals surface area contributed by atoms with Gasteiger partial charge in [0.15, 0.2) is 0 Å². The summed E-state index contributed by atoms with van der Waals surface area (Å²) in [6.07, 6.45) is 3.07. The van der Waals surface area contributed by atoms with E-state index in [4.69, 9.17) is 0 Å². The normalized spacial score (nSPS) is 10.5. The number of aromatic nitrogens is 2. The molecule has 1 aromatic heterocycles. The lowest BCUT2D eigenvalue weighted by molar-refractivity contribution is 0.102. The molecule has 0 aliphatic carbocycles. The van der Waals surface area contributed by atoms with Gasteiger partial charge in [-0.15, -0.1) is 0 Å². The topological polar surface area (TPSA) is 57.8 Å². The van der Waals surface area contributed by atoms with Crippen LogP contribution in [0.2, 0.25) is 0 Å². The van der Waals surface area contributed by atoms with Gasteiger partial charge in [-0.3, -0.25) is 9.89 Å². The van der Waals surface area contributed by atoms with Crippen molar-refractivity contribution in [3.05, 3.63) is 47.8 Å². The van der Waals surface area contributed by atoms with Crippen molar-refractivity contribution in [2.45, 2.75) is 19.8 Å². The third kappa shape index (κ3) is 2.72. The minimum absolute atomic E-state index is 0.153. The summed E-state index contributed by atoms with van der Waals surface area (Å²) in [6.45, 7) is 4.24. The number of nitrogens with zero attached hydrogens (tertiary/aromatic N) is 1. The lowest BCUT2D eigenvalue weighted by atomic mass is 10.0. The molecule has 0 unspecified atom stereocenters. The number of hydrogen-bond acceptors (Lipinski definition) is 2. The van der Waals surface area contributed by atoms with E-state index in [2.05, 4.69) is 35.4 Å². The Balaban J connectivity index is 2.14. The highest BCUT2D eigenvalue weighted by atomic mass is 16.1. The summed E-state index contributed by atoms with van der Waals surface area (Å²) in [6, 6.07) is 7.87. The maximum atomic E-state index is 11.8. The molecule has 88 valence electrons. The number of amides is 1. The van der Waals surface area contributed by atoms with Gasteiger partial charge in [-0.2, -0.15) is 5.10 Å². The second kappa shape index (κ2) is 4.82. The molecule has 1 amide bonds. The van der Waals surface area contributed by atoms with Crippen LogP contribution in [0.25, 0.3) is 0 Å². The molecule has 0 atom stereocenters. The molecule has 0 radical (unpaired) electrons. The largest absolute Gasteiger partial charge is 0.322 e. The van der Waals surface area contributed by atoms with E-state index in [1.807, 2.05) is 18.2 Å². The zero-order valence-electron chi connectivity index (χ0n) is 9.90. The van der Waals surface area contributed by atoms with E-state index in [1.165, 1.54) is 11.8 Å². The summed E-state index contributed by atoms with van der Waals surface area (Å²) in [5, 5.41) is 9.20. The van der Waals surface area contributed by atoms with Crippen molar-refractivity contribution in [1.82, 2.24) is 10.2 Å². The summed E-state index contributed by atoms with van der Waals surface area (Å²) >= 11 is 0. The molecular weight excluding hydrogens is 214 g/mol. The smallest absolute Gasteiger partial charge is 0.258 e. The number of nitrogens with one attached hydrogen (secondary N) is 2. The minimum Gasteiger partial charge on any atom is -0.322 e. The molecule has 0 fully saturated rings. The third-order valence-corrected chi connectivity index (χ3v) is 2.57. The first-order valence-corrected chi connectivity index (χ1v) is 5.57. The number of carbonyl (C=O) groups excluding carboxylic acids is 1. The number of hydrogen-bond donors (Lipinski definition) is 2. The van der Waals surface area contributed by atoms with E-state index in [0.717, 1.165) is 5.69 Å². The average molecular weight is 229 g/mol. The molecule has 0 spiro atoms. The Morgan fingerprint density at radius 1 is 1.41 bits per heavy atom. The van der Waals surface area contributed by atoms with E-state index >= 15 is 0 Å². The van der Waals surface area contributed by atoms with E-state index in [1.54, 1.807) is 6.20 Å². The molecule has 0 saturated carbocycles. The average Bonchev–Trinajstić information content (AvgIpc) is 2.82. The fraction of sp³-hybridized carbons (Fsp3) is 0.231. The maximum Gasteiger partial charge on any atom is 0.258 e. The van der Waals surface area contributed by atoms with Gasteiger partial charge in [0.1, 0.15) is 0 Å². The van der Waals surface area contributed by atoms with Crippen LogP contribution in [0.4, 0.5) is 5.69 Å². The summed E-state index contributed by atoms with van der Waals surface area (Å²) < 4.78 is 0. The first-order valence-electron chi connectivity index (χ1n) is 5.57. The maximum absolute atomic E-state index is 11.8. The Morgan fingerprint density at radius 2 is 2.24 bits per heavy atom. The standard InChI is InChI=1S/C13H15N3O/c1-9(2)10-4-3-5-12(6-10)16-13(17)11-7-14-15-8-11/h3-9H,1-2H3,(H,14,15)(H,16,17). The van der Waals surface area contributed by atoms with Gasteiger partial charge < -0.3 is 5.32 Å². The Labute approximate surface area is 100 Å². The monoisotopic (exact) mass is 229 g/mol. The van der Waals surface area contributed by atoms with Crippen molar-refractivity contribution >= 4 is 11.6 Å². The molecule has 1 aromatic carbocycles. The summed E-state index contributed by atoms with van der Waals surface area (Å²) in [5.74, 6) is 0.292. The highest BCUT2D eigenvalue weighted by molar-refractivity contribution is 6.03. The quantitative estimate of drug-likeness (QED) is 0.850. The number of anilines is 1. The molecule has 2 N–H and O–H groups in total. The first-order chi connectivity index (χ1) is 8.16. The van der Waals surface area contributed by atoms with Crippen LogP contribution < -0.4 is 5.32 Å². The minimum atomic E-state index is -0.153. The van der Waals surface area contributed by atoms with E-state index in [0.29, 0.717) is 11.5 Å². The van der Waals surface area contributed by atoms with Gasteiger partial charge in [-0.1, -0.05) is 26.0 Å². The fourth-order valence-electron chi connectivity index (χ4n) is 1.55. The zero-order chi connectivity index (χ0) is 12.3. The molecule has 2 aromatic rings. The Kier molecular flexibility index (Phi) is 3.23. The Morgan fingerprint density at radius 3 is 2.88 bits per heavy atom. The SMILES string of the molecule is CC(C)c1cccc(NC(=O)c2cn[nH]c2)c1. The molecule has 2 rings (SSSR count). The van der Waals surface area contributed by atoms with Crippen molar-refractivity contribution in [3.8, 4) is 0 Å². The van der Waals surface area contributed by atoms with Crippen molar-refractivity contribution in [2.24, 2.45) is 0 Å². The highest BCUT2D eigenvalue weighted by Gasteiger charge is 2.07. The first kappa shape index (κ1) is 11.4. The van der Waals surface area contributed by atoms with Crippen LogP contribution in [0.15, 0.2) is 36.7 Å². The van der Waals surface area contributed by atoms with Crippen molar-refractivity contribution in [1.29, 1.82) is 0 Å². The summed E-state index contributed by atoms with van der Waals surface area (Å²) in [7, 11) is 0. The van der Waals surface area contributed by atoms with Gasteiger partial charge >= 0.3 is 0 Å². The molecule has 17 heavy (non-hydrogen) atoms. The number of rotatable bonds is 3. The van der Waals surface area contributed by atoms with Crippen LogP contribution in [0.5, 0.6) is 0 Å². The van der Waals surface area contributed by atoms with Crippen LogP contribution in [-0.4, -0.2) is 16.1 Å². The lowest BCUT2D eigenvalue weighted by Gasteiger charge is -2.08. The molecule has 0 aliphatic heterocycles. The van der Waals surface area contributed by atoms with Gasteiger partial charge in [-0.25, -0.2) is 0 Å². The molecule has 4 nitrogen and oxygen atoms in total. The predicted molar refractivity (Wildman–Crippen MR) is 67.1 cm³/mol. The molecule has 4 heteroatoms. The van der Waals surface area contributed by atoms with Gasteiger partial charge in [0.2, 0.25) is 0 Å². The number of benzene rings is 1.